The van der Waals surface area contributed by atoms with Crippen molar-refractivity contribution in [2.24, 2.45) is 0 Å². The summed E-state index contributed by atoms with van der Waals surface area (Å²) in [6, 6.07) is 5.09. The second-order valence-corrected chi connectivity index (χ2v) is 4.70. The van der Waals surface area contributed by atoms with Gasteiger partial charge in [-0.1, -0.05) is 11.6 Å². The maximum Gasteiger partial charge on any atom is 0.347 e. The maximum absolute atomic E-state index is 11.7. The number of hydrogen-bond donors (Lipinski definition) is 0. The summed E-state index contributed by atoms with van der Waals surface area (Å²) in [4.78, 5) is 26.8. The highest BCUT2D eigenvalue weighted by molar-refractivity contribution is 6.30. The highest BCUT2D eigenvalue weighted by atomic mass is 35.5. The van der Waals surface area contributed by atoms with Crippen LogP contribution in [0.25, 0.3) is 0 Å². The number of ether oxygens (including phenoxy) is 1. The molecule has 2 rings (SSSR count). The lowest BCUT2D eigenvalue weighted by Crippen LogP contribution is -2.22. The highest BCUT2D eigenvalue weighted by Crippen LogP contribution is 2.21. The van der Waals surface area contributed by atoms with Crippen molar-refractivity contribution in [3.05, 3.63) is 57.2 Å². The zero-order chi connectivity index (χ0) is 14.7. The number of methoxy groups -OCH3 is 1. The summed E-state index contributed by atoms with van der Waals surface area (Å²) in [5.74, 6) is 0.548. The van der Waals surface area contributed by atoms with E-state index in [9.17, 15) is 9.59 Å². The lowest BCUT2D eigenvalue weighted by Gasteiger charge is -2.11. The van der Waals surface area contributed by atoms with Crippen LogP contribution in [0.3, 0.4) is 0 Å². The van der Waals surface area contributed by atoms with Crippen molar-refractivity contribution in [2.75, 3.05) is 7.11 Å². The Morgan fingerprint density at radius 1 is 1.45 bits per heavy atom. The SMILES string of the molecule is COc1ccc(C(C)=O)cc1Cn1cc(Cl)cnc1=O. The van der Waals surface area contributed by atoms with Gasteiger partial charge in [-0.25, -0.2) is 9.78 Å². The number of carbonyl (C=O) groups is 1. The summed E-state index contributed by atoms with van der Waals surface area (Å²) >= 11 is 5.83. The predicted octanol–water partition coefficient (Wildman–Crippen LogP) is 2.16. The van der Waals surface area contributed by atoms with E-state index < -0.39 is 5.69 Å². The lowest BCUT2D eigenvalue weighted by atomic mass is 10.1. The Morgan fingerprint density at radius 3 is 2.85 bits per heavy atom. The van der Waals surface area contributed by atoms with Gasteiger partial charge in [-0.3, -0.25) is 9.36 Å². The third-order valence-corrected chi connectivity index (χ3v) is 3.05. The monoisotopic (exact) mass is 292 g/mol. The summed E-state index contributed by atoms with van der Waals surface area (Å²) in [5, 5.41) is 0.367. The fourth-order valence-corrected chi connectivity index (χ4v) is 2.01. The number of halogens is 1. The minimum atomic E-state index is -0.412. The summed E-state index contributed by atoms with van der Waals surface area (Å²) in [5.41, 5.74) is 0.861. The van der Waals surface area contributed by atoms with Crippen molar-refractivity contribution >= 4 is 17.4 Å². The van der Waals surface area contributed by atoms with E-state index >= 15 is 0 Å². The maximum atomic E-state index is 11.7. The molecule has 0 saturated carbocycles. The zero-order valence-corrected chi connectivity index (χ0v) is 11.8. The molecular formula is C14H13ClN2O3. The van der Waals surface area contributed by atoms with Crippen LogP contribution in [0.4, 0.5) is 0 Å². The molecule has 1 aromatic carbocycles. The molecule has 0 fully saturated rings. The fraction of sp³-hybridized carbons (Fsp3) is 0.214. The Balaban J connectivity index is 2.46. The van der Waals surface area contributed by atoms with Gasteiger partial charge in [0.2, 0.25) is 0 Å². The molecule has 0 aliphatic carbocycles. The van der Waals surface area contributed by atoms with Crippen molar-refractivity contribution < 1.29 is 9.53 Å². The largest absolute Gasteiger partial charge is 0.496 e. The molecule has 104 valence electrons. The van der Waals surface area contributed by atoms with Gasteiger partial charge in [0.25, 0.3) is 0 Å². The van der Waals surface area contributed by atoms with Gasteiger partial charge < -0.3 is 4.74 Å². The first-order chi connectivity index (χ1) is 9.51. The summed E-state index contributed by atoms with van der Waals surface area (Å²) in [6.45, 7) is 1.72. The van der Waals surface area contributed by atoms with Crippen LogP contribution >= 0.6 is 11.6 Å². The van der Waals surface area contributed by atoms with E-state index in [0.29, 0.717) is 21.9 Å². The van der Waals surface area contributed by atoms with Crippen molar-refractivity contribution in [2.45, 2.75) is 13.5 Å². The molecule has 0 spiro atoms. The Labute approximate surface area is 120 Å². The predicted molar refractivity (Wildman–Crippen MR) is 75.6 cm³/mol. The number of ketones is 1. The van der Waals surface area contributed by atoms with Crippen molar-refractivity contribution in [3.63, 3.8) is 0 Å². The number of nitrogens with zero attached hydrogens (tertiary/aromatic N) is 2. The minimum Gasteiger partial charge on any atom is -0.496 e. The molecule has 0 unspecified atom stereocenters. The lowest BCUT2D eigenvalue weighted by molar-refractivity contribution is 0.101. The van der Waals surface area contributed by atoms with Crippen LogP contribution in [0.2, 0.25) is 5.02 Å². The molecule has 0 bridgehead atoms. The van der Waals surface area contributed by atoms with Gasteiger partial charge in [-0.15, -0.1) is 0 Å². The molecule has 0 atom stereocenters. The molecule has 0 saturated heterocycles. The molecule has 5 nitrogen and oxygen atoms in total. The quantitative estimate of drug-likeness (QED) is 0.810. The number of hydrogen-bond acceptors (Lipinski definition) is 4. The third kappa shape index (κ3) is 3.05. The topological polar surface area (TPSA) is 61.2 Å². The average Bonchev–Trinajstić information content (AvgIpc) is 2.42. The first-order valence-corrected chi connectivity index (χ1v) is 6.29. The molecule has 1 aromatic heterocycles. The van der Waals surface area contributed by atoms with Crippen LogP contribution in [-0.2, 0) is 6.54 Å². The van der Waals surface area contributed by atoms with E-state index in [0.717, 1.165) is 0 Å². The van der Waals surface area contributed by atoms with E-state index in [1.54, 1.807) is 18.2 Å². The first kappa shape index (κ1) is 14.3. The van der Waals surface area contributed by atoms with E-state index in [4.69, 9.17) is 16.3 Å². The number of rotatable bonds is 4. The van der Waals surface area contributed by atoms with Crippen LogP contribution in [0.5, 0.6) is 5.75 Å². The molecule has 2 aromatic rings. The molecular weight excluding hydrogens is 280 g/mol. The molecule has 6 heteroatoms. The van der Waals surface area contributed by atoms with Gasteiger partial charge in [0.15, 0.2) is 5.78 Å². The van der Waals surface area contributed by atoms with Crippen LogP contribution < -0.4 is 10.4 Å². The van der Waals surface area contributed by atoms with E-state index in [2.05, 4.69) is 4.98 Å². The van der Waals surface area contributed by atoms with Gasteiger partial charge in [0.1, 0.15) is 5.75 Å². The minimum absolute atomic E-state index is 0.0505. The number of Topliss-reactive ketones (excluding diaryl/α,β-unsaturated/α-hetero) is 1. The Hall–Kier alpha value is -2.14. The molecule has 0 N–H and O–H groups in total. The van der Waals surface area contributed by atoms with E-state index in [1.165, 1.54) is 31.0 Å². The van der Waals surface area contributed by atoms with E-state index in [-0.39, 0.29) is 12.3 Å². The Kier molecular flexibility index (Phi) is 4.20. The zero-order valence-electron chi connectivity index (χ0n) is 11.1. The molecule has 20 heavy (non-hydrogen) atoms. The van der Waals surface area contributed by atoms with Crippen LogP contribution in [0.1, 0.15) is 22.8 Å². The van der Waals surface area contributed by atoms with Crippen LogP contribution in [0.15, 0.2) is 35.4 Å². The summed E-state index contributed by atoms with van der Waals surface area (Å²) < 4.78 is 6.61. The van der Waals surface area contributed by atoms with Gasteiger partial charge in [-0.05, 0) is 25.1 Å². The molecule has 0 amide bonds. The number of aromatic nitrogens is 2. The van der Waals surface area contributed by atoms with Gasteiger partial charge in [-0.2, -0.15) is 0 Å². The molecule has 0 aliphatic heterocycles. The second kappa shape index (κ2) is 5.88. The first-order valence-electron chi connectivity index (χ1n) is 5.91. The number of carbonyl (C=O) groups excluding carboxylic acids is 1. The van der Waals surface area contributed by atoms with Crippen molar-refractivity contribution in [1.29, 1.82) is 0 Å². The molecule has 1 heterocycles. The van der Waals surface area contributed by atoms with Crippen molar-refractivity contribution in [3.8, 4) is 5.75 Å². The smallest absolute Gasteiger partial charge is 0.347 e. The fourth-order valence-electron chi connectivity index (χ4n) is 1.85. The Bertz CT molecular complexity index is 710. The highest BCUT2D eigenvalue weighted by Gasteiger charge is 2.09. The van der Waals surface area contributed by atoms with Gasteiger partial charge in [0.05, 0.1) is 24.9 Å². The van der Waals surface area contributed by atoms with Gasteiger partial charge in [0, 0.05) is 17.3 Å². The standard InChI is InChI=1S/C14H13ClN2O3/c1-9(18)10-3-4-13(20-2)11(5-10)7-17-8-12(15)6-16-14(17)19/h3-6,8H,7H2,1-2H3. The second-order valence-electron chi connectivity index (χ2n) is 4.27. The molecule has 0 radical (unpaired) electrons. The average molecular weight is 293 g/mol. The normalized spacial score (nSPS) is 10.3. The van der Waals surface area contributed by atoms with Crippen LogP contribution in [0, 0.1) is 0 Å². The number of benzene rings is 1. The van der Waals surface area contributed by atoms with E-state index in [1.807, 2.05) is 0 Å². The molecule has 0 aliphatic rings. The van der Waals surface area contributed by atoms with Gasteiger partial charge >= 0.3 is 5.69 Å². The van der Waals surface area contributed by atoms with Crippen molar-refractivity contribution in [1.82, 2.24) is 9.55 Å². The summed E-state index contributed by atoms with van der Waals surface area (Å²) in [7, 11) is 1.53. The third-order valence-electron chi connectivity index (χ3n) is 2.85. The van der Waals surface area contributed by atoms with Crippen LogP contribution in [-0.4, -0.2) is 22.4 Å². The summed E-state index contributed by atoms with van der Waals surface area (Å²) in [6.07, 6.45) is 2.79. The Morgan fingerprint density at radius 2 is 2.20 bits per heavy atom.